The number of hydrogen-bond acceptors (Lipinski definition) is 5. The van der Waals surface area contributed by atoms with Crippen LogP contribution in [0.1, 0.15) is 11.1 Å². The molecule has 1 aliphatic heterocycles. The monoisotopic (exact) mass is 434 g/mol. The van der Waals surface area contributed by atoms with Crippen molar-refractivity contribution in [2.24, 2.45) is 0 Å². The number of fused-ring (bicyclic) bond motifs is 2. The molecular formula is C27H22N4O2. The van der Waals surface area contributed by atoms with Crippen molar-refractivity contribution in [3.05, 3.63) is 96.4 Å². The topological polar surface area (TPSA) is 61.2 Å². The van der Waals surface area contributed by atoms with Crippen molar-refractivity contribution in [2.45, 2.75) is 13.5 Å². The van der Waals surface area contributed by atoms with Crippen molar-refractivity contribution in [1.82, 2.24) is 14.5 Å². The van der Waals surface area contributed by atoms with E-state index in [9.17, 15) is 0 Å². The lowest BCUT2D eigenvalue weighted by Crippen LogP contribution is -2.03. The Bertz CT molecular complexity index is 1460. The molecule has 1 aliphatic rings. The molecule has 6 heteroatoms. The van der Waals surface area contributed by atoms with Crippen LogP contribution >= 0.6 is 0 Å². The van der Waals surface area contributed by atoms with Gasteiger partial charge in [0.1, 0.15) is 12.1 Å². The summed E-state index contributed by atoms with van der Waals surface area (Å²) >= 11 is 0. The summed E-state index contributed by atoms with van der Waals surface area (Å²) in [6.07, 6.45) is 3.76. The molecule has 3 heterocycles. The summed E-state index contributed by atoms with van der Waals surface area (Å²) in [6.45, 7) is 2.97. The lowest BCUT2D eigenvalue weighted by atomic mass is 10.1. The maximum Gasteiger partial charge on any atom is 0.231 e. The molecule has 0 aliphatic carbocycles. The highest BCUT2D eigenvalue weighted by molar-refractivity contribution is 6.02. The Balaban J connectivity index is 1.45. The Labute approximate surface area is 191 Å². The lowest BCUT2D eigenvalue weighted by Gasteiger charge is -2.10. The molecule has 6 rings (SSSR count). The predicted octanol–water partition coefficient (Wildman–Crippen LogP) is 5.74. The molecule has 0 saturated carbocycles. The summed E-state index contributed by atoms with van der Waals surface area (Å²) in [7, 11) is 0. The van der Waals surface area contributed by atoms with Crippen LogP contribution in [0.2, 0.25) is 0 Å². The van der Waals surface area contributed by atoms with E-state index in [1.807, 2.05) is 24.3 Å². The van der Waals surface area contributed by atoms with E-state index in [1.54, 1.807) is 6.33 Å². The Kier molecular flexibility index (Phi) is 4.69. The van der Waals surface area contributed by atoms with Crippen LogP contribution in [0.25, 0.3) is 27.8 Å². The smallest absolute Gasteiger partial charge is 0.231 e. The normalized spacial score (nSPS) is 12.3. The van der Waals surface area contributed by atoms with Crippen LogP contribution in [0.3, 0.4) is 0 Å². The number of aryl methyl sites for hydroxylation is 1. The molecule has 162 valence electrons. The average Bonchev–Trinajstić information content (AvgIpc) is 3.48. The second-order valence-electron chi connectivity index (χ2n) is 8.08. The van der Waals surface area contributed by atoms with Gasteiger partial charge in [-0.05, 0) is 47.9 Å². The Morgan fingerprint density at radius 3 is 2.67 bits per heavy atom. The number of aromatic nitrogens is 3. The second kappa shape index (κ2) is 7.98. The number of ether oxygens (including phenoxy) is 2. The third-order valence-electron chi connectivity index (χ3n) is 5.84. The van der Waals surface area contributed by atoms with Gasteiger partial charge in [0.25, 0.3) is 0 Å². The van der Waals surface area contributed by atoms with E-state index in [1.165, 1.54) is 5.56 Å². The first-order valence-electron chi connectivity index (χ1n) is 10.9. The van der Waals surface area contributed by atoms with Crippen LogP contribution in [0.5, 0.6) is 11.5 Å². The predicted molar refractivity (Wildman–Crippen MR) is 129 cm³/mol. The van der Waals surface area contributed by atoms with Gasteiger partial charge in [0.2, 0.25) is 6.79 Å². The summed E-state index contributed by atoms with van der Waals surface area (Å²) in [5.74, 6) is 2.35. The summed E-state index contributed by atoms with van der Waals surface area (Å²) in [4.78, 5) is 9.29. The zero-order chi connectivity index (χ0) is 22.2. The molecule has 33 heavy (non-hydrogen) atoms. The molecular weight excluding hydrogens is 412 g/mol. The number of anilines is 1. The maximum absolute atomic E-state index is 5.52. The average molecular weight is 434 g/mol. The highest BCUT2D eigenvalue weighted by atomic mass is 16.7. The Morgan fingerprint density at radius 2 is 1.79 bits per heavy atom. The zero-order valence-corrected chi connectivity index (χ0v) is 18.2. The minimum Gasteiger partial charge on any atom is -0.454 e. The molecule has 6 nitrogen and oxygen atoms in total. The van der Waals surface area contributed by atoms with Gasteiger partial charge in [-0.15, -0.1) is 0 Å². The van der Waals surface area contributed by atoms with Crippen molar-refractivity contribution in [3.63, 3.8) is 0 Å². The molecule has 1 N–H and O–H groups in total. The van der Waals surface area contributed by atoms with E-state index < -0.39 is 0 Å². The SMILES string of the molecule is Cc1cccc(-n2cc(-c3ccccc3)c3c(NCc4ccc5c(c4)OCO5)ncnc32)c1. The molecule has 0 amide bonds. The van der Waals surface area contributed by atoms with Crippen molar-refractivity contribution < 1.29 is 9.47 Å². The van der Waals surface area contributed by atoms with Crippen molar-refractivity contribution in [3.8, 4) is 28.3 Å². The van der Waals surface area contributed by atoms with Gasteiger partial charge in [0, 0.05) is 24.0 Å². The Morgan fingerprint density at radius 1 is 0.909 bits per heavy atom. The van der Waals surface area contributed by atoms with Gasteiger partial charge in [0.15, 0.2) is 17.1 Å². The number of benzene rings is 3. The summed E-state index contributed by atoms with van der Waals surface area (Å²) in [6, 6.07) is 24.8. The molecule has 2 aromatic heterocycles. The second-order valence-corrected chi connectivity index (χ2v) is 8.08. The molecule has 0 unspecified atom stereocenters. The fraction of sp³-hybridized carbons (Fsp3) is 0.111. The third-order valence-corrected chi connectivity index (χ3v) is 5.84. The number of nitrogens with one attached hydrogen (secondary N) is 1. The first-order chi connectivity index (χ1) is 16.3. The quantitative estimate of drug-likeness (QED) is 0.382. The molecule has 3 aromatic carbocycles. The molecule has 0 atom stereocenters. The van der Waals surface area contributed by atoms with Gasteiger partial charge in [-0.25, -0.2) is 9.97 Å². The summed E-state index contributed by atoms with van der Waals surface area (Å²) in [5, 5.41) is 4.51. The first kappa shape index (κ1) is 19.4. The lowest BCUT2D eigenvalue weighted by molar-refractivity contribution is 0.174. The van der Waals surface area contributed by atoms with Gasteiger partial charge < -0.3 is 19.4 Å². The molecule has 0 radical (unpaired) electrons. The van der Waals surface area contributed by atoms with Crippen LogP contribution < -0.4 is 14.8 Å². The third kappa shape index (κ3) is 3.55. The van der Waals surface area contributed by atoms with E-state index in [0.29, 0.717) is 6.54 Å². The van der Waals surface area contributed by atoms with Gasteiger partial charge in [-0.2, -0.15) is 0 Å². The standard InChI is InChI=1S/C27H22N4O2/c1-18-6-5-9-21(12-18)31-15-22(20-7-3-2-4-8-20)25-26(29-16-30-27(25)31)28-14-19-10-11-23-24(13-19)33-17-32-23/h2-13,15-16H,14,17H2,1H3,(H,28,29,30). The van der Waals surface area contributed by atoms with Crippen LogP contribution in [0, 0.1) is 6.92 Å². The van der Waals surface area contributed by atoms with Crippen molar-refractivity contribution in [2.75, 3.05) is 12.1 Å². The van der Waals surface area contributed by atoms with Gasteiger partial charge in [-0.1, -0.05) is 48.5 Å². The number of rotatable bonds is 5. The van der Waals surface area contributed by atoms with Crippen LogP contribution in [0.4, 0.5) is 5.82 Å². The Hall–Kier alpha value is -4.32. The largest absolute Gasteiger partial charge is 0.454 e. The van der Waals surface area contributed by atoms with Crippen LogP contribution in [-0.2, 0) is 6.54 Å². The highest BCUT2D eigenvalue weighted by Crippen LogP contribution is 2.36. The summed E-state index contributed by atoms with van der Waals surface area (Å²) < 4.78 is 13.1. The molecule has 5 aromatic rings. The van der Waals surface area contributed by atoms with E-state index in [2.05, 4.69) is 81.5 Å². The van der Waals surface area contributed by atoms with Gasteiger partial charge in [0.05, 0.1) is 5.39 Å². The zero-order valence-electron chi connectivity index (χ0n) is 18.2. The van der Waals surface area contributed by atoms with E-state index in [4.69, 9.17) is 9.47 Å². The fourth-order valence-electron chi connectivity index (χ4n) is 4.24. The number of hydrogen-bond donors (Lipinski definition) is 1. The highest BCUT2D eigenvalue weighted by Gasteiger charge is 2.18. The van der Waals surface area contributed by atoms with Gasteiger partial charge >= 0.3 is 0 Å². The first-order valence-corrected chi connectivity index (χ1v) is 10.9. The molecule has 0 bridgehead atoms. The minimum absolute atomic E-state index is 0.270. The van der Waals surface area contributed by atoms with Crippen molar-refractivity contribution in [1.29, 1.82) is 0 Å². The molecule has 0 saturated heterocycles. The summed E-state index contributed by atoms with van der Waals surface area (Å²) in [5.41, 5.74) is 6.43. The molecule has 0 spiro atoms. The van der Waals surface area contributed by atoms with E-state index >= 15 is 0 Å². The van der Waals surface area contributed by atoms with Gasteiger partial charge in [-0.3, -0.25) is 0 Å². The fourth-order valence-corrected chi connectivity index (χ4v) is 4.24. The van der Waals surface area contributed by atoms with Crippen LogP contribution in [0.15, 0.2) is 85.3 Å². The van der Waals surface area contributed by atoms with Crippen molar-refractivity contribution >= 4 is 16.9 Å². The van der Waals surface area contributed by atoms with Crippen LogP contribution in [-0.4, -0.2) is 21.3 Å². The van der Waals surface area contributed by atoms with E-state index in [0.717, 1.165) is 50.7 Å². The molecule has 0 fully saturated rings. The van der Waals surface area contributed by atoms with E-state index in [-0.39, 0.29) is 6.79 Å². The number of nitrogens with zero attached hydrogens (tertiary/aromatic N) is 3. The maximum atomic E-state index is 5.52. The minimum atomic E-state index is 0.270.